The summed E-state index contributed by atoms with van der Waals surface area (Å²) in [6.07, 6.45) is -6.51. The van der Waals surface area contributed by atoms with Gasteiger partial charge in [0, 0.05) is 30.2 Å². The van der Waals surface area contributed by atoms with E-state index in [1.807, 2.05) is 0 Å². The van der Waals surface area contributed by atoms with Crippen molar-refractivity contribution in [2.24, 2.45) is 0 Å². The van der Waals surface area contributed by atoms with Crippen LogP contribution < -0.4 is 9.79 Å². The predicted molar refractivity (Wildman–Crippen MR) is 122 cm³/mol. The molecule has 0 saturated carbocycles. The van der Waals surface area contributed by atoms with E-state index < -0.39 is 53.5 Å². The highest BCUT2D eigenvalue weighted by molar-refractivity contribution is 6.03. The van der Waals surface area contributed by atoms with Crippen LogP contribution in [0, 0.1) is 11.6 Å². The van der Waals surface area contributed by atoms with E-state index in [-0.39, 0.29) is 22.8 Å². The average Bonchev–Trinajstić information content (AvgIpc) is 3.34. The van der Waals surface area contributed by atoms with Gasteiger partial charge in [-0.2, -0.15) is 36.3 Å². The summed E-state index contributed by atoms with van der Waals surface area (Å²) in [5, 5.41) is 3.69. The molecule has 2 aromatic heterocycles. The predicted octanol–water partition coefficient (Wildman–Crippen LogP) is 6.36. The molecule has 15 heteroatoms. The first-order valence-corrected chi connectivity index (χ1v) is 11.1. The number of amides is 1. The Morgan fingerprint density at radius 2 is 1.68 bits per heavy atom. The number of halogens is 8. The SMILES string of the molecule is O=C(N(c1ccn(Cc2ccc(OOCc3cccnc3)cc2C(F)(F)F)n1)c1c(F)cccc1F)C(F)(F)F. The number of nitrogens with zero attached hydrogens (tertiary/aromatic N) is 4. The molecule has 0 fully saturated rings. The van der Waals surface area contributed by atoms with Crippen LogP contribution in [-0.2, 0) is 29.0 Å². The molecular weight excluding hydrogens is 556 g/mol. The number of aromatic nitrogens is 3. The number of hydrogen-bond donors (Lipinski definition) is 0. The normalized spacial score (nSPS) is 11.9. The van der Waals surface area contributed by atoms with Gasteiger partial charge in [-0.3, -0.25) is 14.5 Å². The van der Waals surface area contributed by atoms with Gasteiger partial charge in [-0.1, -0.05) is 18.2 Å². The standard InChI is InChI=1S/C25H16F8N4O3/c26-19-4-1-5-20(27)22(19)37(23(38)25(31,32)33)21-8-10-36(35-21)13-16-6-7-17(11-18(16)24(28,29)30)40-39-14-15-3-2-9-34-12-15/h1-12H,13-14H2. The molecule has 0 unspecified atom stereocenters. The van der Waals surface area contributed by atoms with Gasteiger partial charge in [0.05, 0.1) is 12.1 Å². The Hall–Kier alpha value is -4.53. The van der Waals surface area contributed by atoms with Crippen LogP contribution in [0.4, 0.5) is 46.6 Å². The van der Waals surface area contributed by atoms with Gasteiger partial charge in [0.1, 0.15) is 23.9 Å². The van der Waals surface area contributed by atoms with Crippen molar-refractivity contribution in [2.45, 2.75) is 25.5 Å². The fourth-order valence-electron chi connectivity index (χ4n) is 3.54. The number of carbonyl (C=O) groups is 1. The minimum Gasteiger partial charge on any atom is -0.337 e. The van der Waals surface area contributed by atoms with Crippen LogP contribution >= 0.6 is 0 Å². The zero-order chi connectivity index (χ0) is 29.1. The van der Waals surface area contributed by atoms with Crippen molar-refractivity contribution < 1.29 is 49.7 Å². The first-order valence-electron chi connectivity index (χ1n) is 11.1. The lowest BCUT2D eigenvalue weighted by Gasteiger charge is -2.22. The fraction of sp³-hybridized carbons (Fsp3) is 0.160. The minimum absolute atomic E-state index is 0.108. The highest BCUT2D eigenvalue weighted by atomic mass is 19.4. The summed E-state index contributed by atoms with van der Waals surface area (Å²) >= 11 is 0. The van der Waals surface area contributed by atoms with Crippen LogP contribution in [0.1, 0.15) is 16.7 Å². The van der Waals surface area contributed by atoms with Gasteiger partial charge in [-0.25, -0.2) is 13.7 Å². The van der Waals surface area contributed by atoms with Crippen molar-refractivity contribution in [3.05, 3.63) is 102 Å². The summed E-state index contributed by atoms with van der Waals surface area (Å²) < 4.78 is 111. The maximum atomic E-state index is 14.3. The summed E-state index contributed by atoms with van der Waals surface area (Å²) in [6, 6.07) is 9.05. The number of carbonyl (C=O) groups excluding carboxylic acids is 1. The van der Waals surface area contributed by atoms with E-state index in [2.05, 4.69) is 10.1 Å². The van der Waals surface area contributed by atoms with E-state index in [1.165, 1.54) is 12.4 Å². The highest BCUT2D eigenvalue weighted by Crippen LogP contribution is 2.36. The Balaban J connectivity index is 1.60. The van der Waals surface area contributed by atoms with Crippen molar-refractivity contribution in [3.8, 4) is 5.75 Å². The average molecular weight is 572 g/mol. The van der Waals surface area contributed by atoms with Gasteiger partial charge in [0.15, 0.2) is 11.6 Å². The lowest BCUT2D eigenvalue weighted by molar-refractivity contribution is -0.218. The van der Waals surface area contributed by atoms with Crippen molar-refractivity contribution in [3.63, 3.8) is 0 Å². The number of anilines is 2. The summed E-state index contributed by atoms with van der Waals surface area (Å²) in [5.74, 6) is -6.81. The largest absolute Gasteiger partial charge is 0.472 e. The van der Waals surface area contributed by atoms with Gasteiger partial charge >= 0.3 is 18.3 Å². The van der Waals surface area contributed by atoms with Gasteiger partial charge < -0.3 is 4.89 Å². The second-order valence-electron chi connectivity index (χ2n) is 8.10. The third-order valence-electron chi connectivity index (χ3n) is 5.29. The summed E-state index contributed by atoms with van der Waals surface area (Å²) in [5.41, 5.74) is -2.31. The molecule has 7 nitrogen and oxygen atoms in total. The third-order valence-corrected chi connectivity index (χ3v) is 5.29. The smallest absolute Gasteiger partial charge is 0.337 e. The maximum absolute atomic E-state index is 14.3. The van der Waals surface area contributed by atoms with Gasteiger partial charge in [0.25, 0.3) is 0 Å². The molecule has 4 aromatic rings. The molecule has 2 heterocycles. The number of pyridine rings is 1. The summed E-state index contributed by atoms with van der Waals surface area (Å²) in [6.45, 7) is -0.748. The summed E-state index contributed by atoms with van der Waals surface area (Å²) in [7, 11) is 0. The molecule has 0 N–H and O–H groups in total. The first-order chi connectivity index (χ1) is 18.8. The zero-order valence-corrected chi connectivity index (χ0v) is 19.9. The van der Waals surface area contributed by atoms with Crippen LogP contribution in [0.3, 0.4) is 0 Å². The fourth-order valence-corrected chi connectivity index (χ4v) is 3.54. The molecule has 0 saturated heterocycles. The van der Waals surface area contributed by atoms with Crippen LogP contribution in [0.25, 0.3) is 0 Å². The van der Waals surface area contributed by atoms with Crippen molar-refractivity contribution in [1.29, 1.82) is 0 Å². The third kappa shape index (κ3) is 6.54. The van der Waals surface area contributed by atoms with Crippen LogP contribution in [0.2, 0.25) is 0 Å². The molecule has 0 spiro atoms. The Morgan fingerprint density at radius 1 is 0.950 bits per heavy atom. The van der Waals surface area contributed by atoms with E-state index >= 15 is 0 Å². The van der Waals surface area contributed by atoms with Crippen LogP contribution in [0.15, 0.2) is 73.2 Å². The quantitative estimate of drug-likeness (QED) is 0.140. The molecule has 0 bridgehead atoms. The van der Waals surface area contributed by atoms with Crippen LogP contribution in [0.5, 0.6) is 5.75 Å². The molecule has 1 amide bonds. The lowest BCUT2D eigenvalue weighted by atomic mass is 10.1. The number of rotatable bonds is 8. The molecular formula is C25H16F8N4O3. The van der Waals surface area contributed by atoms with E-state index in [0.29, 0.717) is 23.8 Å². The maximum Gasteiger partial charge on any atom is 0.472 e. The second-order valence-corrected chi connectivity index (χ2v) is 8.10. The summed E-state index contributed by atoms with van der Waals surface area (Å²) in [4.78, 5) is 25.5. The number of benzene rings is 2. The monoisotopic (exact) mass is 572 g/mol. The van der Waals surface area contributed by atoms with E-state index in [1.54, 1.807) is 12.1 Å². The van der Waals surface area contributed by atoms with E-state index in [4.69, 9.17) is 9.78 Å². The second kappa shape index (κ2) is 11.3. The molecule has 0 aliphatic heterocycles. The van der Waals surface area contributed by atoms with Gasteiger partial charge in [-0.15, -0.1) is 0 Å². The number of alkyl halides is 6. The Labute approximate surface area is 220 Å². The van der Waals surface area contributed by atoms with Gasteiger partial charge in [0.2, 0.25) is 0 Å². The molecule has 40 heavy (non-hydrogen) atoms. The minimum atomic E-state index is -5.56. The zero-order valence-electron chi connectivity index (χ0n) is 19.9. The molecule has 0 radical (unpaired) electrons. The Morgan fingerprint density at radius 3 is 2.30 bits per heavy atom. The highest BCUT2D eigenvalue weighted by Gasteiger charge is 2.46. The van der Waals surface area contributed by atoms with Crippen molar-refractivity contribution in [1.82, 2.24) is 14.8 Å². The molecule has 0 atom stereocenters. The van der Waals surface area contributed by atoms with Crippen LogP contribution in [-0.4, -0.2) is 26.8 Å². The Bertz CT molecular complexity index is 1470. The number of hydrogen-bond acceptors (Lipinski definition) is 5. The molecule has 2 aromatic carbocycles. The molecule has 0 aliphatic rings. The van der Waals surface area contributed by atoms with Crippen molar-refractivity contribution in [2.75, 3.05) is 4.90 Å². The van der Waals surface area contributed by atoms with Gasteiger partial charge in [-0.05, 0) is 35.9 Å². The topological polar surface area (TPSA) is 69.5 Å². The van der Waals surface area contributed by atoms with Crippen molar-refractivity contribution >= 4 is 17.4 Å². The first kappa shape index (κ1) is 28.5. The lowest BCUT2D eigenvalue weighted by Crippen LogP contribution is -2.39. The Kier molecular flexibility index (Phi) is 8.04. The van der Waals surface area contributed by atoms with E-state index in [9.17, 15) is 39.9 Å². The molecule has 0 aliphatic carbocycles. The molecule has 210 valence electrons. The molecule has 4 rings (SSSR count). The van der Waals surface area contributed by atoms with E-state index in [0.717, 1.165) is 35.1 Å². The number of para-hydroxylation sites is 1.